The molecule has 0 aromatic carbocycles. The van der Waals surface area contributed by atoms with Crippen LogP contribution < -0.4 is 0 Å². The maximum atomic E-state index is 9.32. The van der Waals surface area contributed by atoms with E-state index in [1.165, 1.54) is 0 Å². The zero-order chi connectivity index (χ0) is 8.27. The van der Waals surface area contributed by atoms with E-state index in [1.807, 2.05) is 0 Å². The smallest absolute Gasteiger partial charge is 0.0811 e. The van der Waals surface area contributed by atoms with Crippen molar-refractivity contribution in [3.8, 4) is 0 Å². The molecule has 3 nitrogen and oxygen atoms in total. The summed E-state index contributed by atoms with van der Waals surface area (Å²) < 4.78 is 0. The van der Waals surface area contributed by atoms with Crippen molar-refractivity contribution in [2.45, 2.75) is 18.9 Å². The zero-order valence-electron chi connectivity index (χ0n) is 7.03. The number of aliphatic hydroxyl groups excluding tert-OH is 2. The van der Waals surface area contributed by atoms with E-state index in [1.54, 1.807) is 0 Å². The second kappa shape index (κ2) is 4.04. The first-order valence-corrected chi connectivity index (χ1v) is 4.21. The topological polar surface area (TPSA) is 43.7 Å². The van der Waals surface area contributed by atoms with Crippen molar-refractivity contribution in [3.63, 3.8) is 0 Å². The monoisotopic (exact) mass is 159 g/mol. The van der Waals surface area contributed by atoms with E-state index in [-0.39, 0.29) is 12.5 Å². The van der Waals surface area contributed by atoms with Gasteiger partial charge in [-0.25, -0.2) is 0 Å². The molecule has 0 radical (unpaired) electrons. The maximum Gasteiger partial charge on any atom is 0.0811 e. The predicted octanol–water partition coefficient (Wildman–Crippen LogP) is -0.319. The molecule has 2 N–H and O–H groups in total. The summed E-state index contributed by atoms with van der Waals surface area (Å²) in [6.45, 7) is 1.94. The predicted molar refractivity (Wildman–Crippen MR) is 43.3 cm³/mol. The van der Waals surface area contributed by atoms with E-state index in [0.29, 0.717) is 0 Å². The quantitative estimate of drug-likeness (QED) is 0.580. The first kappa shape index (κ1) is 8.97. The molecule has 11 heavy (non-hydrogen) atoms. The van der Waals surface area contributed by atoms with Crippen LogP contribution in [0.3, 0.4) is 0 Å². The average Bonchev–Trinajstić information content (AvgIpc) is 2.03. The van der Waals surface area contributed by atoms with Crippen molar-refractivity contribution >= 4 is 0 Å². The summed E-state index contributed by atoms with van der Waals surface area (Å²) in [4.78, 5) is 2.20. The van der Waals surface area contributed by atoms with Crippen LogP contribution in [0.2, 0.25) is 0 Å². The van der Waals surface area contributed by atoms with E-state index in [0.717, 1.165) is 25.9 Å². The van der Waals surface area contributed by atoms with Crippen molar-refractivity contribution in [3.05, 3.63) is 0 Å². The van der Waals surface area contributed by atoms with Gasteiger partial charge in [-0.1, -0.05) is 0 Å². The van der Waals surface area contributed by atoms with Crippen LogP contribution in [-0.4, -0.2) is 48.0 Å². The highest BCUT2D eigenvalue weighted by molar-refractivity contribution is 4.75. The minimum atomic E-state index is -0.516. The van der Waals surface area contributed by atoms with Gasteiger partial charge in [0.15, 0.2) is 0 Å². The lowest BCUT2D eigenvalue weighted by molar-refractivity contribution is 0.0178. The number of aliphatic hydroxyl groups is 2. The minimum absolute atomic E-state index is 0.0987. The van der Waals surface area contributed by atoms with Gasteiger partial charge in [-0.3, -0.25) is 0 Å². The van der Waals surface area contributed by atoms with Gasteiger partial charge in [0.05, 0.1) is 12.7 Å². The Morgan fingerprint density at radius 2 is 2.36 bits per heavy atom. The fraction of sp³-hybridized carbons (Fsp3) is 1.00. The molecule has 1 heterocycles. The number of piperidine rings is 1. The van der Waals surface area contributed by atoms with Crippen LogP contribution in [0.15, 0.2) is 0 Å². The standard InChI is InChI=1S/C8H17NO2/c1-9-4-2-3-7(5-9)8(11)6-10/h7-8,10-11H,2-6H2,1H3. The minimum Gasteiger partial charge on any atom is -0.394 e. The zero-order valence-corrected chi connectivity index (χ0v) is 7.03. The van der Waals surface area contributed by atoms with Gasteiger partial charge in [-0.05, 0) is 32.4 Å². The molecule has 0 aromatic heterocycles. The molecule has 0 amide bonds. The summed E-state index contributed by atoms with van der Waals surface area (Å²) in [5.74, 6) is 0.277. The number of likely N-dealkylation sites (tertiary alicyclic amines) is 1. The van der Waals surface area contributed by atoms with Crippen LogP contribution in [0.1, 0.15) is 12.8 Å². The molecule has 1 rings (SSSR count). The summed E-state index contributed by atoms with van der Waals surface area (Å²) in [6.07, 6.45) is 1.67. The molecular weight excluding hydrogens is 142 g/mol. The molecule has 0 saturated carbocycles. The molecule has 2 unspecified atom stereocenters. The number of rotatable bonds is 2. The lowest BCUT2D eigenvalue weighted by Gasteiger charge is -2.31. The molecule has 2 atom stereocenters. The molecule has 0 aromatic rings. The van der Waals surface area contributed by atoms with Crippen LogP contribution >= 0.6 is 0 Å². The third-order valence-corrected chi connectivity index (χ3v) is 2.39. The van der Waals surface area contributed by atoms with E-state index in [9.17, 15) is 5.11 Å². The van der Waals surface area contributed by atoms with Gasteiger partial charge < -0.3 is 15.1 Å². The van der Waals surface area contributed by atoms with Crippen molar-refractivity contribution in [2.75, 3.05) is 26.7 Å². The summed E-state index contributed by atoms with van der Waals surface area (Å²) in [5.41, 5.74) is 0. The van der Waals surface area contributed by atoms with Crippen LogP contribution in [0.4, 0.5) is 0 Å². The summed E-state index contributed by atoms with van der Waals surface area (Å²) in [5, 5.41) is 18.0. The largest absolute Gasteiger partial charge is 0.394 e. The van der Waals surface area contributed by atoms with Gasteiger partial charge in [0.2, 0.25) is 0 Å². The van der Waals surface area contributed by atoms with Gasteiger partial charge in [0.25, 0.3) is 0 Å². The Morgan fingerprint density at radius 1 is 1.64 bits per heavy atom. The fourth-order valence-electron chi connectivity index (χ4n) is 1.67. The Kier molecular flexibility index (Phi) is 3.30. The maximum absolute atomic E-state index is 9.32. The molecular formula is C8H17NO2. The Balaban J connectivity index is 2.33. The van der Waals surface area contributed by atoms with Crippen LogP contribution in [0.5, 0.6) is 0 Å². The normalized spacial score (nSPS) is 30.3. The molecule has 0 bridgehead atoms. The van der Waals surface area contributed by atoms with Crippen LogP contribution in [-0.2, 0) is 0 Å². The second-order valence-electron chi connectivity index (χ2n) is 3.41. The number of hydrogen-bond donors (Lipinski definition) is 2. The molecule has 1 aliphatic heterocycles. The van der Waals surface area contributed by atoms with Crippen molar-refractivity contribution in [1.82, 2.24) is 4.90 Å². The molecule has 1 fully saturated rings. The third kappa shape index (κ3) is 2.43. The lowest BCUT2D eigenvalue weighted by atomic mass is 9.93. The Labute approximate surface area is 67.6 Å². The number of hydrogen-bond acceptors (Lipinski definition) is 3. The molecule has 66 valence electrons. The molecule has 3 heteroatoms. The first-order valence-electron chi connectivity index (χ1n) is 4.21. The number of nitrogens with zero attached hydrogens (tertiary/aromatic N) is 1. The molecule has 0 spiro atoms. The van der Waals surface area contributed by atoms with Gasteiger partial charge in [-0.2, -0.15) is 0 Å². The van der Waals surface area contributed by atoms with Crippen molar-refractivity contribution < 1.29 is 10.2 Å². The fourth-order valence-corrected chi connectivity index (χ4v) is 1.67. The summed E-state index contributed by atoms with van der Waals surface area (Å²) in [6, 6.07) is 0. The molecule has 0 aliphatic carbocycles. The van der Waals surface area contributed by atoms with E-state index < -0.39 is 6.10 Å². The van der Waals surface area contributed by atoms with E-state index in [4.69, 9.17) is 5.11 Å². The van der Waals surface area contributed by atoms with E-state index in [2.05, 4.69) is 11.9 Å². The lowest BCUT2D eigenvalue weighted by Crippen LogP contribution is -2.39. The van der Waals surface area contributed by atoms with Gasteiger partial charge in [0, 0.05) is 6.54 Å². The summed E-state index contributed by atoms with van der Waals surface area (Å²) >= 11 is 0. The third-order valence-electron chi connectivity index (χ3n) is 2.39. The molecule has 1 saturated heterocycles. The van der Waals surface area contributed by atoms with Crippen LogP contribution in [0.25, 0.3) is 0 Å². The second-order valence-corrected chi connectivity index (χ2v) is 3.41. The van der Waals surface area contributed by atoms with Gasteiger partial charge in [0.1, 0.15) is 0 Å². The first-order chi connectivity index (χ1) is 5.24. The Morgan fingerprint density at radius 3 is 2.91 bits per heavy atom. The highest BCUT2D eigenvalue weighted by atomic mass is 16.3. The Hall–Kier alpha value is -0.120. The Bertz CT molecular complexity index is 119. The van der Waals surface area contributed by atoms with Gasteiger partial charge in [-0.15, -0.1) is 0 Å². The summed E-state index contributed by atoms with van der Waals surface area (Å²) in [7, 11) is 2.05. The van der Waals surface area contributed by atoms with Gasteiger partial charge >= 0.3 is 0 Å². The van der Waals surface area contributed by atoms with Crippen molar-refractivity contribution in [2.24, 2.45) is 5.92 Å². The van der Waals surface area contributed by atoms with E-state index >= 15 is 0 Å². The highest BCUT2D eigenvalue weighted by Crippen LogP contribution is 2.18. The average molecular weight is 159 g/mol. The SMILES string of the molecule is CN1CCCC(C(O)CO)C1. The van der Waals surface area contributed by atoms with Crippen molar-refractivity contribution in [1.29, 1.82) is 0 Å². The molecule has 1 aliphatic rings. The highest BCUT2D eigenvalue weighted by Gasteiger charge is 2.23. The van der Waals surface area contributed by atoms with Crippen LogP contribution in [0, 0.1) is 5.92 Å².